The molecule has 132 valence electrons. The number of nitrogens with zero attached hydrogens (tertiary/aromatic N) is 2. The van der Waals surface area contributed by atoms with Gasteiger partial charge < -0.3 is 5.11 Å². The number of hydrogen-bond acceptors (Lipinski definition) is 3. The third-order valence-corrected chi connectivity index (χ3v) is 4.21. The van der Waals surface area contributed by atoms with Crippen LogP contribution in [0.4, 0.5) is 11.4 Å². The number of para-hydroxylation sites is 2. The Bertz CT molecular complexity index is 804. The molecule has 6 nitrogen and oxygen atoms in total. The van der Waals surface area contributed by atoms with Crippen molar-refractivity contribution in [3.05, 3.63) is 72.3 Å². The van der Waals surface area contributed by atoms with Crippen LogP contribution in [0.3, 0.4) is 0 Å². The number of carbonyl (C=O) groups is 3. The Morgan fingerprint density at radius 2 is 1.35 bits per heavy atom. The number of benzene rings is 2. The van der Waals surface area contributed by atoms with Crippen molar-refractivity contribution >= 4 is 29.2 Å². The predicted molar refractivity (Wildman–Crippen MR) is 97.4 cm³/mol. The fourth-order valence-electron chi connectivity index (χ4n) is 2.81. The number of hydrazine groups is 1. The van der Waals surface area contributed by atoms with Crippen LogP contribution in [0.15, 0.2) is 72.3 Å². The van der Waals surface area contributed by atoms with Crippen molar-refractivity contribution in [1.29, 1.82) is 0 Å². The monoisotopic (exact) mass is 350 g/mol. The van der Waals surface area contributed by atoms with Crippen molar-refractivity contribution in [2.75, 3.05) is 10.0 Å². The molecule has 0 bridgehead atoms. The van der Waals surface area contributed by atoms with Crippen LogP contribution < -0.4 is 10.0 Å². The second kappa shape index (κ2) is 7.23. The van der Waals surface area contributed by atoms with E-state index in [-0.39, 0.29) is 23.8 Å². The largest absolute Gasteiger partial charge is 0.478 e. The summed E-state index contributed by atoms with van der Waals surface area (Å²) in [6, 6.07) is 17.8. The Kier molecular flexibility index (Phi) is 4.84. The van der Waals surface area contributed by atoms with E-state index in [0.29, 0.717) is 11.4 Å². The highest BCUT2D eigenvalue weighted by molar-refractivity contribution is 6.23. The van der Waals surface area contributed by atoms with Gasteiger partial charge in [-0.2, -0.15) is 0 Å². The van der Waals surface area contributed by atoms with Gasteiger partial charge in [0.2, 0.25) is 0 Å². The lowest BCUT2D eigenvalue weighted by Gasteiger charge is -2.27. The number of amides is 2. The first kappa shape index (κ1) is 17.4. The molecule has 0 aromatic heterocycles. The number of rotatable bonds is 5. The molecule has 1 N–H and O–H groups in total. The summed E-state index contributed by atoms with van der Waals surface area (Å²) in [5.41, 5.74) is 1.27. The first-order chi connectivity index (χ1) is 12.5. The molecule has 3 rings (SSSR count). The van der Waals surface area contributed by atoms with Crippen LogP contribution in [0.5, 0.6) is 0 Å². The molecule has 1 saturated heterocycles. The summed E-state index contributed by atoms with van der Waals surface area (Å²) in [6.07, 6.45) is 1.46. The Morgan fingerprint density at radius 3 is 1.73 bits per heavy atom. The maximum Gasteiger partial charge on any atom is 0.330 e. The third kappa shape index (κ3) is 3.21. The minimum absolute atomic E-state index is 0.0441. The van der Waals surface area contributed by atoms with Crippen LogP contribution in [0.2, 0.25) is 0 Å². The number of carboxylic acid groups (broad SMARTS) is 1. The summed E-state index contributed by atoms with van der Waals surface area (Å²) in [4.78, 5) is 36.9. The van der Waals surface area contributed by atoms with E-state index in [1.54, 1.807) is 48.5 Å². The summed E-state index contributed by atoms with van der Waals surface area (Å²) >= 11 is 0. The summed E-state index contributed by atoms with van der Waals surface area (Å²) in [5, 5.41) is 11.7. The van der Waals surface area contributed by atoms with Gasteiger partial charge in [-0.3, -0.25) is 9.59 Å². The Balaban J connectivity index is 2.00. The first-order valence-corrected chi connectivity index (χ1v) is 8.18. The molecule has 0 saturated carbocycles. The minimum Gasteiger partial charge on any atom is -0.478 e. The average Bonchev–Trinajstić information content (AvgIpc) is 2.91. The molecule has 1 aliphatic heterocycles. The van der Waals surface area contributed by atoms with E-state index >= 15 is 0 Å². The van der Waals surface area contributed by atoms with Crippen molar-refractivity contribution in [3.63, 3.8) is 0 Å². The smallest absolute Gasteiger partial charge is 0.330 e. The van der Waals surface area contributed by atoms with Gasteiger partial charge in [0.1, 0.15) is 5.92 Å². The van der Waals surface area contributed by atoms with Crippen LogP contribution in [-0.2, 0) is 14.4 Å². The van der Waals surface area contributed by atoms with Gasteiger partial charge in [0.05, 0.1) is 11.4 Å². The van der Waals surface area contributed by atoms with Crippen LogP contribution in [0.25, 0.3) is 0 Å². The summed E-state index contributed by atoms with van der Waals surface area (Å²) in [7, 11) is 0. The van der Waals surface area contributed by atoms with Gasteiger partial charge >= 0.3 is 5.97 Å². The van der Waals surface area contributed by atoms with E-state index < -0.39 is 11.9 Å². The molecule has 1 heterocycles. The fourth-order valence-corrected chi connectivity index (χ4v) is 2.81. The highest BCUT2D eigenvalue weighted by Gasteiger charge is 2.46. The third-order valence-electron chi connectivity index (χ3n) is 4.21. The van der Waals surface area contributed by atoms with Gasteiger partial charge in [0.15, 0.2) is 0 Å². The van der Waals surface area contributed by atoms with Gasteiger partial charge in [-0.25, -0.2) is 14.8 Å². The molecule has 0 spiro atoms. The Labute approximate surface area is 150 Å². The lowest BCUT2D eigenvalue weighted by molar-refractivity contribution is -0.133. The van der Waals surface area contributed by atoms with Gasteiger partial charge in [-0.1, -0.05) is 42.5 Å². The van der Waals surface area contributed by atoms with Crippen molar-refractivity contribution < 1.29 is 19.5 Å². The SMILES string of the molecule is C/C(=C\CC1C(=O)N(c2ccccc2)N(c2ccccc2)C1=O)C(=O)O. The van der Waals surface area contributed by atoms with Crippen LogP contribution >= 0.6 is 0 Å². The molecule has 0 atom stereocenters. The maximum absolute atomic E-state index is 13.0. The topological polar surface area (TPSA) is 77.9 Å². The van der Waals surface area contributed by atoms with E-state index in [4.69, 9.17) is 5.11 Å². The highest BCUT2D eigenvalue weighted by atomic mass is 16.4. The number of allylic oxidation sites excluding steroid dienone is 1. The van der Waals surface area contributed by atoms with Crippen LogP contribution in [0.1, 0.15) is 13.3 Å². The fraction of sp³-hybridized carbons (Fsp3) is 0.150. The van der Waals surface area contributed by atoms with Crippen molar-refractivity contribution in [1.82, 2.24) is 0 Å². The molecule has 26 heavy (non-hydrogen) atoms. The van der Waals surface area contributed by atoms with E-state index in [2.05, 4.69) is 0 Å². The Morgan fingerprint density at radius 1 is 0.923 bits per heavy atom. The molecule has 6 heteroatoms. The quantitative estimate of drug-likeness (QED) is 0.664. The number of carbonyl (C=O) groups excluding carboxylic acids is 2. The maximum atomic E-state index is 13.0. The zero-order valence-corrected chi connectivity index (χ0v) is 14.2. The Hall–Kier alpha value is -3.41. The van der Waals surface area contributed by atoms with E-state index in [1.165, 1.54) is 23.0 Å². The van der Waals surface area contributed by atoms with E-state index in [9.17, 15) is 14.4 Å². The normalized spacial score (nSPS) is 15.7. The molecule has 0 radical (unpaired) electrons. The van der Waals surface area contributed by atoms with Crippen LogP contribution in [-0.4, -0.2) is 22.9 Å². The first-order valence-electron chi connectivity index (χ1n) is 8.18. The number of carboxylic acids is 1. The zero-order chi connectivity index (χ0) is 18.7. The molecule has 1 fully saturated rings. The highest BCUT2D eigenvalue weighted by Crippen LogP contribution is 2.33. The lowest BCUT2D eigenvalue weighted by Crippen LogP contribution is -2.41. The molecular weight excluding hydrogens is 332 g/mol. The second-order valence-corrected chi connectivity index (χ2v) is 5.95. The van der Waals surface area contributed by atoms with Crippen LogP contribution in [0, 0.1) is 5.92 Å². The number of hydrogen-bond donors (Lipinski definition) is 1. The molecule has 2 aromatic rings. The minimum atomic E-state index is -1.07. The standard InChI is InChI=1S/C20H18N2O4/c1-14(20(25)26)12-13-17-18(23)21(15-8-4-2-5-9-15)22(19(17)24)16-10-6-3-7-11-16/h2-12,17H,13H2,1H3,(H,25,26)/b14-12+. The van der Waals surface area contributed by atoms with Gasteiger partial charge in [0, 0.05) is 5.57 Å². The van der Waals surface area contributed by atoms with Crippen molar-refractivity contribution in [3.8, 4) is 0 Å². The molecule has 1 aliphatic rings. The molecule has 2 amide bonds. The zero-order valence-electron chi connectivity index (χ0n) is 14.2. The van der Waals surface area contributed by atoms with Gasteiger partial charge in [0.25, 0.3) is 11.8 Å². The van der Waals surface area contributed by atoms with Gasteiger partial charge in [-0.15, -0.1) is 0 Å². The molecule has 0 unspecified atom stereocenters. The van der Waals surface area contributed by atoms with E-state index in [0.717, 1.165) is 0 Å². The van der Waals surface area contributed by atoms with Gasteiger partial charge in [-0.05, 0) is 37.6 Å². The number of aliphatic carboxylic acids is 1. The van der Waals surface area contributed by atoms with Crippen molar-refractivity contribution in [2.24, 2.45) is 5.92 Å². The number of anilines is 2. The molecule has 2 aromatic carbocycles. The predicted octanol–water partition coefficient (Wildman–Crippen LogP) is 3.02. The second-order valence-electron chi connectivity index (χ2n) is 5.95. The molecular formula is C20H18N2O4. The summed E-state index contributed by atoms with van der Waals surface area (Å²) in [5.74, 6) is -2.77. The van der Waals surface area contributed by atoms with E-state index in [1.807, 2.05) is 12.1 Å². The summed E-state index contributed by atoms with van der Waals surface area (Å²) < 4.78 is 0. The lowest BCUT2D eigenvalue weighted by atomic mass is 10.0. The average molecular weight is 350 g/mol. The molecule has 0 aliphatic carbocycles. The summed E-state index contributed by atoms with van der Waals surface area (Å²) in [6.45, 7) is 1.44. The van der Waals surface area contributed by atoms with Crippen molar-refractivity contribution in [2.45, 2.75) is 13.3 Å².